The van der Waals surface area contributed by atoms with E-state index in [4.69, 9.17) is 0 Å². The number of pyridine rings is 1. The van der Waals surface area contributed by atoms with Crippen molar-refractivity contribution in [1.29, 1.82) is 0 Å². The summed E-state index contributed by atoms with van der Waals surface area (Å²) in [6, 6.07) is 5.94. The third-order valence-corrected chi connectivity index (χ3v) is 4.10. The number of carbonyl (C=O) groups excluding carboxylic acids is 1. The van der Waals surface area contributed by atoms with Gasteiger partial charge in [0.1, 0.15) is 12.1 Å². The fourth-order valence-corrected chi connectivity index (χ4v) is 2.80. The summed E-state index contributed by atoms with van der Waals surface area (Å²) < 4.78 is 2.25. The van der Waals surface area contributed by atoms with E-state index >= 15 is 0 Å². The van der Waals surface area contributed by atoms with Gasteiger partial charge in [-0.2, -0.15) is 5.10 Å². The van der Waals surface area contributed by atoms with Crippen LogP contribution in [0.25, 0.3) is 22.6 Å². The smallest absolute Gasteiger partial charge is 0.222 e. The number of aromatic nitrogens is 5. The average molecular weight is 322 g/mol. The van der Waals surface area contributed by atoms with E-state index < -0.39 is 0 Å². The molecule has 1 aliphatic rings. The molecule has 0 spiro atoms. The van der Waals surface area contributed by atoms with Crippen molar-refractivity contribution >= 4 is 11.7 Å². The predicted molar refractivity (Wildman–Crippen MR) is 90.1 cm³/mol. The highest BCUT2D eigenvalue weighted by Gasteiger charge is 2.23. The Morgan fingerprint density at radius 2 is 2.21 bits per heavy atom. The van der Waals surface area contributed by atoms with Gasteiger partial charge in [0.05, 0.1) is 0 Å². The van der Waals surface area contributed by atoms with Crippen molar-refractivity contribution in [2.45, 2.75) is 26.3 Å². The maximum atomic E-state index is 11.3. The molecule has 24 heavy (non-hydrogen) atoms. The van der Waals surface area contributed by atoms with Crippen molar-refractivity contribution in [3.05, 3.63) is 36.9 Å². The van der Waals surface area contributed by atoms with E-state index in [0.717, 1.165) is 35.1 Å². The molecule has 3 aromatic heterocycles. The van der Waals surface area contributed by atoms with Gasteiger partial charge in [0.15, 0.2) is 5.82 Å². The molecule has 7 nitrogen and oxygen atoms in total. The second kappa shape index (κ2) is 5.92. The summed E-state index contributed by atoms with van der Waals surface area (Å²) in [7, 11) is 0. The normalized spacial score (nSPS) is 13.9. The second-order valence-electron chi connectivity index (χ2n) is 6.15. The van der Waals surface area contributed by atoms with Gasteiger partial charge in [0.2, 0.25) is 5.91 Å². The first kappa shape index (κ1) is 14.6. The zero-order valence-electron chi connectivity index (χ0n) is 13.4. The number of H-pyrrole nitrogens is 1. The maximum absolute atomic E-state index is 11.3. The lowest BCUT2D eigenvalue weighted by Crippen LogP contribution is -2.07. The van der Waals surface area contributed by atoms with Crippen molar-refractivity contribution in [3.63, 3.8) is 0 Å². The minimum absolute atomic E-state index is 0.129. The number of anilines is 1. The largest absolute Gasteiger partial charge is 0.346 e. The molecule has 7 heteroatoms. The first-order chi connectivity index (χ1) is 11.7. The number of nitrogens with one attached hydrogen (secondary N) is 2. The van der Waals surface area contributed by atoms with Crippen LogP contribution in [-0.2, 0) is 11.3 Å². The molecule has 1 saturated carbocycles. The summed E-state index contributed by atoms with van der Waals surface area (Å²) in [5.41, 5.74) is 3.10. The van der Waals surface area contributed by atoms with Gasteiger partial charge in [-0.25, -0.2) is 9.97 Å². The fourth-order valence-electron chi connectivity index (χ4n) is 2.80. The molecule has 3 aromatic rings. The molecule has 2 N–H and O–H groups in total. The molecule has 3 heterocycles. The Balaban J connectivity index is 1.74. The van der Waals surface area contributed by atoms with E-state index in [1.165, 1.54) is 26.1 Å². The van der Waals surface area contributed by atoms with Gasteiger partial charge in [-0.05, 0) is 37.0 Å². The van der Waals surface area contributed by atoms with Gasteiger partial charge in [-0.3, -0.25) is 9.89 Å². The van der Waals surface area contributed by atoms with E-state index in [1.807, 2.05) is 12.1 Å². The fraction of sp³-hybridized carbons (Fsp3) is 0.294. The lowest BCUT2D eigenvalue weighted by molar-refractivity contribution is -0.114. The highest BCUT2D eigenvalue weighted by atomic mass is 16.1. The first-order valence-electron chi connectivity index (χ1n) is 7.99. The van der Waals surface area contributed by atoms with Crippen LogP contribution < -0.4 is 5.32 Å². The molecule has 0 saturated heterocycles. The van der Waals surface area contributed by atoms with Crippen LogP contribution in [0.3, 0.4) is 0 Å². The molecule has 0 bridgehead atoms. The van der Waals surface area contributed by atoms with Crippen molar-refractivity contribution < 1.29 is 4.79 Å². The third-order valence-electron chi connectivity index (χ3n) is 4.10. The molecular weight excluding hydrogens is 304 g/mol. The van der Waals surface area contributed by atoms with Crippen LogP contribution in [0, 0.1) is 5.92 Å². The Bertz CT molecular complexity index is 863. The molecule has 1 amide bonds. The Labute approximate surface area is 139 Å². The van der Waals surface area contributed by atoms with Gasteiger partial charge in [-0.1, -0.05) is 0 Å². The van der Waals surface area contributed by atoms with Crippen molar-refractivity contribution in [3.8, 4) is 22.6 Å². The zero-order chi connectivity index (χ0) is 16.5. The molecule has 0 atom stereocenters. The van der Waals surface area contributed by atoms with Crippen LogP contribution in [0.1, 0.15) is 19.8 Å². The Morgan fingerprint density at radius 3 is 2.92 bits per heavy atom. The topological polar surface area (TPSA) is 88.5 Å². The minimum Gasteiger partial charge on any atom is -0.346 e. The highest BCUT2D eigenvalue weighted by Crippen LogP contribution is 2.35. The first-order valence-corrected chi connectivity index (χ1v) is 7.99. The molecular formula is C17H18N6O. The van der Waals surface area contributed by atoms with Crippen molar-refractivity contribution in [2.24, 2.45) is 5.92 Å². The van der Waals surface area contributed by atoms with Crippen LogP contribution in [0.5, 0.6) is 0 Å². The molecule has 0 aliphatic heterocycles. The van der Waals surface area contributed by atoms with Gasteiger partial charge in [-0.15, -0.1) is 0 Å². The number of rotatable bonds is 5. The SMILES string of the molecule is CC(=O)Nc1cc(-c2cc(-c3ncn[nH]3)cn2CC2CC2)ccn1. The zero-order valence-corrected chi connectivity index (χ0v) is 13.4. The Morgan fingerprint density at radius 1 is 1.33 bits per heavy atom. The number of nitrogens with zero attached hydrogens (tertiary/aromatic N) is 4. The quantitative estimate of drug-likeness (QED) is 0.756. The van der Waals surface area contributed by atoms with Crippen molar-refractivity contribution in [2.75, 3.05) is 5.32 Å². The van der Waals surface area contributed by atoms with E-state index in [0.29, 0.717) is 5.82 Å². The highest BCUT2D eigenvalue weighted by molar-refractivity contribution is 5.88. The average Bonchev–Trinajstić information content (AvgIpc) is 3.04. The van der Waals surface area contributed by atoms with Crippen molar-refractivity contribution in [1.82, 2.24) is 24.7 Å². The van der Waals surface area contributed by atoms with Gasteiger partial charge in [0.25, 0.3) is 0 Å². The predicted octanol–water partition coefficient (Wildman–Crippen LogP) is 2.70. The number of aromatic amines is 1. The summed E-state index contributed by atoms with van der Waals surface area (Å²) in [5, 5.41) is 9.57. The summed E-state index contributed by atoms with van der Waals surface area (Å²) in [6.07, 6.45) is 7.88. The molecule has 1 aliphatic carbocycles. The van der Waals surface area contributed by atoms with Crippen LogP contribution >= 0.6 is 0 Å². The molecule has 122 valence electrons. The molecule has 0 radical (unpaired) electrons. The summed E-state index contributed by atoms with van der Waals surface area (Å²) in [6.45, 7) is 2.47. The lowest BCUT2D eigenvalue weighted by atomic mass is 10.1. The monoisotopic (exact) mass is 322 g/mol. The van der Waals surface area contributed by atoms with E-state index in [-0.39, 0.29) is 5.91 Å². The van der Waals surface area contributed by atoms with Crippen LogP contribution in [0.15, 0.2) is 36.9 Å². The molecule has 0 aromatic carbocycles. The Kier molecular flexibility index (Phi) is 3.60. The Hall–Kier alpha value is -2.96. The van der Waals surface area contributed by atoms with Gasteiger partial charge >= 0.3 is 0 Å². The third kappa shape index (κ3) is 3.05. The number of amides is 1. The lowest BCUT2D eigenvalue weighted by Gasteiger charge is -2.09. The van der Waals surface area contributed by atoms with Gasteiger partial charge < -0.3 is 9.88 Å². The van der Waals surface area contributed by atoms with Crippen LogP contribution in [-0.4, -0.2) is 30.6 Å². The van der Waals surface area contributed by atoms with E-state index in [9.17, 15) is 4.79 Å². The van der Waals surface area contributed by atoms with E-state index in [2.05, 4.69) is 42.3 Å². The standard InChI is InChI=1S/C17H18N6O/c1-11(24)21-16-7-13(4-5-18-16)15-6-14(17-19-10-20-22-17)9-23(15)8-12-2-3-12/h4-7,9-10,12H,2-3,8H2,1H3,(H,18,21,24)(H,19,20,22). The van der Waals surface area contributed by atoms with Crippen LogP contribution in [0.4, 0.5) is 5.82 Å². The summed E-state index contributed by atoms with van der Waals surface area (Å²) in [4.78, 5) is 19.7. The maximum Gasteiger partial charge on any atom is 0.222 e. The molecule has 4 rings (SSSR count). The number of carbonyl (C=O) groups is 1. The number of hydrogen-bond donors (Lipinski definition) is 2. The summed E-state index contributed by atoms with van der Waals surface area (Å²) >= 11 is 0. The van der Waals surface area contributed by atoms with Gasteiger partial charge in [0, 0.05) is 42.7 Å². The minimum atomic E-state index is -0.129. The molecule has 0 unspecified atom stereocenters. The van der Waals surface area contributed by atoms with E-state index in [1.54, 1.807) is 6.20 Å². The van der Waals surface area contributed by atoms with Crippen LogP contribution in [0.2, 0.25) is 0 Å². The number of hydrogen-bond acceptors (Lipinski definition) is 4. The molecule has 1 fully saturated rings. The summed E-state index contributed by atoms with van der Waals surface area (Å²) in [5.74, 6) is 1.92. The second-order valence-corrected chi connectivity index (χ2v) is 6.15.